The second-order valence-electron chi connectivity index (χ2n) is 7.68. The number of carbonyl (C=O) groups is 2. The van der Waals surface area contributed by atoms with Crippen molar-refractivity contribution in [3.63, 3.8) is 0 Å². The average molecular weight is 390 g/mol. The van der Waals surface area contributed by atoms with Gasteiger partial charge in [0, 0.05) is 49.4 Å². The second-order valence-corrected chi connectivity index (χ2v) is 7.68. The molecule has 0 radical (unpaired) electrons. The zero-order valence-corrected chi connectivity index (χ0v) is 16.4. The van der Waals surface area contributed by atoms with E-state index >= 15 is 0 Å². The number of piperidine rings is 1. The van der Waals surface area contributed by atoms with Gasteiger partial charge in [-0.1, -0.05) is 24.3 Å². The van der Waals surface area contributed by atoms with E-state index in [1.165, 1.54) is 0 Å². The van der Waals surface area contributed by atoms with Crippen LogP contribution in [0.2, 0.25) is 0 Å². The Kier molecular flexibility index (Phi) is 5.89. The van der Waals surface area contributed by atoms with Crippen LogP contribution >= 0.6 is 0 Å². The lowest BCUT2D eigenvalue weighted by Gasteiger charge is -2.31. The molecule has 6 nitrogen and oxygen atoms in total. The van der Waals surface area contributed by atoms with E-state index in [0.29, 0.717) is 24.6 Å². The van der Waals surface area contributed by atoms with Gasteiger partial charge in [0.05, 0.1) is 0 Å². The predicted octanol–water partition coefficient (Wildman–Crippen LogP) is 3.51. The van der Waals surface area contributed by atoms with E-state index in [9.17, 15) is 9.59 Å². The molecule has 0 spiro atoms. The van der Waals surface area contributed by atoms with Crippen LogP contribution in [0.15, 0.2) is 54.9 Å². The molecule has 2 aromatic heterocycles. The average Bonchev–Trinajstić information content (AvgIpc) is 3.21. The van der Waals surface area contributed by atoms with Crippen molar-refractivity contribution in [2.75, 3.05) is 13.1 Å². The van der Waals surface area contributed by atoms with Crippen LogP contribution in [-0.2, 0) is 11.3 Å². The summed E-state index contributed by atoms with van der Waals surface area (Å²) in [5.41, 5.74) is 2.65. The van der Waals surface area contributed by atoms with Crippen LogP contribution in [0.4, 0.5) is 0 Å². The van der Waals surface area contributed by atoms with Gasteiger partial charge >= 0.3 is 0 Å². The third-order valence-corrected chi connectivity index (χ3v) is 5.65. The zero-order valence-electron chi connectivity index (χ0n) is 16.4. The summed E-state index contributed by atoms with van der Waals surface area (Å²) < 4.78 is 0. The molecule has 3 heterocycles. The Labute approximate surface area is 170 Å². The fourth-order valence-electron chi connectivity index (χ4n) is 3.91. The highest BCUT2D eigenvalue weighted by Gasteiger charge is 2.24. The molecule has 1 aliphatic heterocycles. The number of hydrogen-bond donors (Lipinski definition) is 2. The van der Waals surface area contributed by atoms with Crippen molar-refractivity contribution in [1.29, 1.82) is 0 Å². The van der Waals surface area contributed by atoms with Crippen LogP contribution < -0.4 is 5.32 Å². The highest BCUT2D eigenvalue weighted by molar-refractivity contribution is 5.98. The lowest BCUT2D eigenvalue weighted by molar-refractivity contribution is -0.121. The predicted molar refractivity (Wildman–Crippen MR) is 112 cm³/mol. The first-order chi connectivity index (χ1) is 14.2. The summed E-state index contributed by atoms with van der Waals surface area (Å²) in [5.74, 6) is 0.630. The maximum Gasteiger partial charge on any atom is 0.270 e. The minimum absolute atomic E-state index is 0.0638. The molecule has 4 rings (SSSR count). The molecular weight excluding hydrogens is 364 g/mol. The molecule has 150 valence electrons. The van der Waals surface area contributed by atoms with Gasteiger partial charge in [-0.15, -0.1) is 0 Å². The van der Waals surface area contributed by atoms with Gasteiger partial charge in [0.15, 0.2) is 0 Å². The summed E-state index contributed by atoms with van der Waals surface area (Å²) in [5, 5.41) is 4.01. The fourth-order valence-corrected chi connectivity index (χ4v) is 3.91. The van der Waals surface area contributed by atoms with Crippen molar-refractivity contribution < 1.29 is 9.59 Å². The number of nitrogens with zero attached hydrogens (tertiary/aromatic N) is 2. The molecule has 0 aliphatic carbocycles. The number of para-hydroxylation sites is 1. The number of carbonyl (C=O) groups excluding carboxylic acids is 2. The van der Waals surface area contributed by atoms with Gasteiger partial charge in [0.1, 0.15) is 5.69 Å². The molecule has 1 aliphatic rings. The van der Waals surface area contributed by atoms with E-state index in [1.807, 2.05) is 47.4 Å². The van der Waals surface area contributed by atoms with Crippen LogP contribution in [0.1, 0.15) is 41.7 Å². The number of H-pyrrole nitrogens is 1. The zero-order chi connectivity index (χ0) is 20.1. The largest absolute Gasteiger partial charge is 0.352 e. The van der Waals surface area contributed by atoms with E-state index in [1.54, 1.807) is 12.4 Å². The summed E-state index contributed by atoms with van der Waals surface area (Å²) in [6.07, 6.45) is 6.78. The van der Waals surface area contributed by atoms with Crippen LogP contribution in [0.25, 0.3) is 10.9 Å². The molecule has 2 amide bonds. The van der Waals surface area contributed by atoms with Crippen LogP contribution in [0.5, 0.6) is 0 Å². The number of benzene rings is 1. The third kappa shape index (κ3) is 4.83. The smallest absolute Gasteiger partial charge is 0.270 e. The minimum Gasteiger partial charge on any atom is -0.352 e. The quantitative estimate of drug-likeness (QED) is 0.676. The summed E-state index contributed by atoms with van der Waals surface area (Å²) >= 11 is 0. The van der Waals surface area contributed by atoms with Crippen molar-refractivity contribution in [2.45, 2.75) is 32.2 Å². The van der Waals surface area contributed by atoms with E-state index in [2.05, 4.69) is 15.3 Å². The maximum atomic E-state index is 12.8. The van der Waals surface area contributed by atoms with Gasteiger partial charge in [-0.05, 0) is 48.9 Å². The molecule has 0 unspecified atom stereocenters. The SMILES string of the molecule is O=C(CCC1CCN(C(=O)c2cc3ccccc3[nH]2)CC1)NCc1cccnc1. The third-order valence-electron chi connectivity index (χ3n) is 5.65. The van der Waals surface area contributed by atoms with Crippen LogP contribution in [-0.4, -0.2) is 39.8 Å². The molecule has 0 bridgehead atoms. The van der Waals surface area contributed by atoms with E-state index < -0.39 is 0 Å². The van der Waals surface area contributed by atoms with Gasteiger partial charge in [0.25, 0.3) is 5.91 Å². The summed E-state index contributed by atoms with van der Waals surface area (Å²) in [6, 6.07) is 13.7. The van der Waals surface area contributed by atoms with E-state index in [4.69, 9.17) is 0 Å². The van der Waals surface area contributed by atoms with Crippen LogP contribution in [0.3, 0.4) is 0 Å². The number of nitrogens with one attached hydrogen (secondary N) is 2. The molecule has 6 heteroatoms. The van der Waals surface area contributed by atoms with Gasteiger partial charge in [-0.25, -0.2) is 0 Å². The number of aromatic amines is 1. The summed E-state index contributed by atoms with van der Waals surface area (Å²) in [7, 11) is 0. The first-order valence-electron chi connectivity index (χ1n) is 10.2. The molecular formula is C23H26N4O2. The first kappa shape index (κ1) is 19.2. The molecule has 1 fully saturated rings. The molecule has 2 N–H and O–H groups in total. The fraction of sp³-hybridized carbons (Fsp3) is 0.348. The summed E-state index contributed by atoms with van der Waals surface area (Å²) in [4.78, 5) is 34.1. The van der Waals surface area contributed by atoms with Gasteiger partial charge in [-0.3, -0.25) is 14.6 Å². The number of rotatable bonds is 6. The second kappa shape index (κ2) is 8.90. The van der Waals surface area contributed by atoms with Crippen LogP contribution in [0, 0.1) is 5.92 Å². The van der Waals surface area contributed by atoms with Crippen molar-refractivity contribution >= 4 is 22.7 Å². The number of amides is 2. The van der Waals surface area contributed by atoms with Gasteiger partial charge in [0.2, 0.25) is 5.91 Å². The lowest BCUT2D eigenvalue weighted by Crippen LogP contribution is -2.38. The Hall–Kier alpha value is -3.15. The number of aromatic nitrogens is 2. The van der Waals surface area contributed by atoms with Gasteiger partial charge in [-0.2, -0.15) is 0 Å². The minimum atomic E-state index is 0.0638. The van der Waals surface area contributed by atoms with E-state index in [-0.39, 0.29) is 11.8 Å². The number of fused-ring (bicyclic) bond motifs is 1. The molecule has 29 heavy (non-hydrogen) atoms. The number of pyridine rings is 1. The van der Waals surface area contributed by atoms with Crippen molar-refractivity contribution in [2.24, 2.45) is 5.92 Å². The van der Waals surface area contributed by atoms with Crippen molar-refractivity contribution in [3.8, 4) is 0 Å². The monoisotopic (exact) mass is 390 g/mol. The van der Waals surface area contributed by atoms with E-state index in [0.717, 1.165) is 48.8 Å². The van der Waals surface area contributed by atoms with Gasteiger partial charge < -0.3 is 15.2 Å². The Morgan fingerprint density at radius 3 is 2.72 bits per heavy atom. The van der Waals surface area contributed by atoms with Crippen molar-refractivity contribution in [1.82, 2.24) is 20.2 Å². The highest BCUT2D eigenvalue weighted by atomic mass is 16.2. The molecule has 1 saturated heterocycles. The Bertz CT molecular complexity index is 942. The number of hydrogen-bond acceptors (Lipinski definition) is 3. The maximum absolute atomic E-state index is 12.8. The highest BCUT2D eigenvalue weighted by Crippen LogP contribution is 2.24. The topological polar surface area (TPSA) is 78.1 Å². The molecule has 0 saturated carbocycles. The molecule has 1 aromatic carbocycles. The summed E-state index contributed by atoms with van der Waals surface area (Å²) in [6.45, 7) is 2.01. The molecule has 0 atom stereocenters. The van der Waals surface area contributed by atoms with Crippen molar-refractivity contribution in [3.05, 3.63) is 66.1 Å². The Balaban J connectivity index is 1.21. The number of likely N-dealkylation sites (tertiary alicyclic amines) is 1. The molecule has 3 aromatic rings. The first-order valence-corrected chi connectivity index (χ1v) is 10.2. The lowest BCUT2D eigenvalue weighted by atomic mass is 9.92. The Morgan fingerprint density at radius 2 is 1.97 bits per heavy atom. The standard InChI is InChI=1S/C23H26N4O2/c28-22(25-16-18-4-3-11-24-15-18)8-7-17-9-12-27(13-10-17)23(29)21-14-19-5-1-2-6-20(19)26-21/h1-6,11,14-15,17,26H,7-10,12-13,16H2,(H,25,28). The Morgan fingerprint density at radius 1 is 1.14 bits per heavy atom. The normalized spacial score (nSPS) is 14.8.